The van der Waals surface area contributed by atoms with Crippen LogP contribution < -0.4 is 5.11 Å². The van der Waals surface area contributed by atoms with Crippen molar-refractivity contribution in [3.05, 3.63) is 31.8 Å². The van der Waals surface area contributed by atoms with Gasteiger partial charge in [-0.3, -0.25) is 0 Å². The molecule has 0 N–H and O–H groups in total. The summed E-state index contributed by atoms with van der Waals surface area (Å²) in [5.41, 5.74) is 0.186. The SMILES string of the molecule is O=C([O-])c1ccc(I)cc1Br. The quantitative estimate of drug-likeness (QED) is 0.733. The van der Waals surface area contributed by atoms with Crippen LogP contribution in [0.15, 0.2) is 22.7 Å². The number of benzene rings is 1. The maximum atomic E-state index is 10.4. The first-order chi connectivity index (χ1) is 5.11. The van der Waals surface area contributed by atoms with Crippen LogP contribution in [0.5, 0.6) is 0 Å². The van der Waals surface area contributed by atoms with E-state index in [1.54, 1.807) is 12.1 Å². The van der Waals surface area contributed by atoms with Crippen molar-refractivity contribution in [2.75, 3.05) is 0 Å². The van der Waals surface area contributed by atoms with Crippen molar-refractivity contribution in [3.63, 3.8) is 0 Å². The van der Waals surface area contributed by atoms with E-state index >= 15 is 0 Å². The molecule has 58 valence electrons. The van der Waals surface area contributed by atoms with Gasteiger partial charge in [0.2, 0.25) is 0 Å². The van der Waals surface area contributed by atoms with Crippen LogP contribution >= 0.6 is 38.5 Å². The number of hydrogen-bond acceptors (Lipinski definition) is 2. The van der Waals surface area contributed by atoms with Gasteiger partial charge >= 0.3 is 0 Å². The summed E-state index contributed by atoms with van der Waals surface area (Å²) < 4.78 is 1.55. The molecular formula is C7H3BrIO2-. The Morgan fingerprint density at radius 1 is 1.55 bits per heavy atom. The van der Waals surface area contributed by atoms with Gasteiger partial charge in [-0.1, -0.05) is 22.0 Å². The lowest BCUT2D eigenvalue weighted by Crippen LogP contribution is -2.22. The van der Waals surface area contributed by atoms with E-state index in [9.17, 15) is 9.90 Å². The minimum atomic E-state index is -1.16. The lowest BCUT2D eigenvalue weighted by molar-refractivity contribution is -0.255. The minimum absolute atomic E-state index is 0.186. The minimum Gasteiger partial charge on any atom is -0.545 e. The van der Waals surface area contributed by atoms with Crippen LogP contribution in [0.1, 0.15) is 10.4 Å². The molecule has 0 radical (unpaired) electrons. The first kappa shape index (κ1) is 8.99. The van der Waals surface area contributed by atoms with Crippen LogP contribution in [-0.4, -0.2) is 5.97 Å². The maximum absolute atomic E-state index is 10.4. The number of carbonyl (C=O) groups excluding carboxylic acids is 1. The largest absolute Gasteiger partial charge is 0.545 e. The van der Waals surface area contributed by atoms with Crippen LogP contribution in [0.3, 0.4) is 0 Å². The van der Waals surface area contributed by atoms with Gasteiger partial charge in [-0.05, 0) is 34.7 Å². The molecule has 0 aliphatic heterocycles. The Bertz CT molecular complexity index is 298. The molecular weight excluding hydrogens is 323 g/mol. The third kappa shape index (κ3) is 2.16. The summed E-state index contributed by atoms with van der Waals surface area (Å²) in [7, 11) is 0. The second kappa shape index (κ2) is 3.53. The Morgan fingerprint density at radius 2 is 2.18 bits per heavy atom. The fourth-order valence-electron chi connectivity index (χ4n) is 0.655. The maximum Gasteiger partial charge on any atom is 0.0726 e. The van der Waals surface area contributed by atoms with Crippen molar-refractivity contribution in [3.8, 4) is 0 Å². The predicted molar refractivity (Wildman–Crippen MR) is 51.2 cm³/mol. The van der Waals surface area contributed by atoms with Gasteiger partial charge in [0.1, 0.15) is 0 Å². The van der Waals surface area contributed by atoms with Crippen LogP contribution in [0, 0.1) is 3.57 Å². The van der Waals surface area contributed by atoms with Crippen molar-refractivity contribution in [2.24, 2.45) is 0 Å². The molecule has 0 bridgehead atoms. The van der Waals surface area contributed by atoms with Crippen LogP contribution in [0.25, 0.3) is 0 Å². The van der Waals surface area contributed by atoms with E-state index in [0.29, 0.717) is 4.47 Å². The van der Waals surface area contributed by atoms with Gasteiger partial charge in [0, 0.05) is 13.6 Å². The lowest BCUT2D eigenvalue weighted by atomic mass is 10.2. The molecule has 2 nitrogen and oxygen atoms in total. The zero-order valence-electron chi connectivity index (χ0n) is 5.30. The number of hydrogen-bond donors (Lipinski definition) is 0. The zero-order chi connectivity index (χ0) is 8.43. The van der Waals surface area contributed by atoms with Gasteiger partial charge in [0.25, 0.3) is 0 Å². The molecule has 1 aromatic carbocycles. The third-order valence-electron chi connectivity index (χ3n) is 1.15. The summed E-state index contributed by atoms with van der Waals surface area (Å²) in [4.78, 5) is 10.4. The summed E-state index contributed by atoms with van der Waals surface area (Å²) in [5, 5.41) is 10.4. The number of halogens is 2. The van der Waals surface area contributed by atoms with Gasteiger partial charge in [0.05, 0.1) is 5.97 Å². The Morgan fingerprint density at radius 3 is 2.64 bits per heavy atom. The molecule has 1 rings (SSSR count). The number of carbonyl (C=O) groups is 1. The molecule has 0 saturated carbocycles. The first-order valence-corrected chi connectivity index (χ1v) is 4.65. The van der Waals surface area contributed by atoms with Crippen molar-refractivity contribution in [1.29, 1.82) is 0 Å². The summed E-state index contributed by atoms with van der Waals surface area (Å²) >= 11 is 5.22. The highest BCUT2D eigenvalue weighted by atomic mass is 127. The summed E-state index contributed by atoms with van der Waals surface area (Å²) in [6, 6.07) is 4.96. The Balaban J connectivity index is 3.20. The average molecular weight is 326 g/mol. The Labute approximate surface area is 85.9 Å². The van der Waals surface area contributed by atoms with Gasteiger partial charge in [-0.15, -0.1) is 0 Å². The number of carboxylic acid groups (broad SMARTS) is 1. The molecule has 0 unspecified atom stereocenters. The van der Waals surface area contributed by atoms with Crippen LogP contribution in [0.2, 0.25) is 0 Å². The van der Waals surface area contributed by atoms with Gasteiger partial charge in [-0.2, -0.15) is 0 Å². The Kier molecular flexibility index (Phi) is 2.89. The summed E-state index contributed by atoms with van der Waals surface area (Å²) in [6.45, 7) is 0. The molecule has 4 heteroatoms. The standard InChI is InChI=1S/C7H4BrIO2/c8-6-3-4(9)1-2-5(6)7(10)11/h1-3H,(H,10,11)/p-1. The molecule has 0 fully saturated rings. The second-order valence-electron chi connectivity index (χ2n) is 1.91. The molecule has 1 aromatic rings. The second-order valence-corrected chi connectivity index (χ2v) is 4.01. The zero-order valence-corrected chi connectivity index (χ0v) is 9.05. The number of aromatic carboxylic acids is 1. The van der Waals surface area contributed by atoms with E-state index < -0.39 is 5.97 Å². The fourth-order valence-corrected chi connectivity index (χ4v) is 2.11. The number of carboxylic acids is 1. The normalized spacial score (nSPS) is 9.64. The lowest BCUT2D eigenvalue weighted by Gasteiger charge is -2.04. The van der Waals surface area contributed by atoms with Gasteiger partial charge in [-0.25, -0.2) is 0 Å². The molecule has 0 saturated heterocycles. The highest BCUT2D eigenvalue weighted by Crippen LogP contribution is 2.18. The number of rotatable bonds is 1. The Hall–Kier alpha value is -0.100. The smallest absolute Gasteiger partial charge is 0.0726 e. The van der Waals surface area contributed by atoms with Crippen LogP contribution in [0.4, 0.5) is 0 Å². The van der Waals surface area contributed by atoms with E-state index in [1.165, 1.54) is 6.07 Å². The monoisotopic (exact) mass is 325 g/mol. The van der Waals surface area contributed by atoms with Gasteiger partial charge in [0.15, 0.2) is 0 Å². The van der Waals surface area contributed by atoms with Crippen molar-refractivity contribution < 1.29 is 9.90 Å². The predicted octanol–water partition coefficient (Wildman–Crippen LogP) is 1.42. The van der Waals surface area contributed by atoms with Gasteiger partial charge < -0.3 is 9.90 Å². The summed E-state index contributed by atoms with van der Waals surface area (Å²) in [6.07, 6.45) is 0. The highest BCUT2D eigenvalue weighted by molar-refractivity contribution is 14.1. The van der Waals surface area contributed by atoms with E-state index in [2.05, 4.69) is 38.5 Å². The average Bonchev–Trinajstić information content (AvgIpc) is 1.85. The molecule has 0 amide bonds. The van der Waals surface area contributed by atoms with E-state index in [-0.39, 0.29) is 5.56 Å². The van der Waals surface area contributed by atoms with Crippen molar-refractivity contribution in [2.45, 2.75) is 0 Å². The van der Waals surface area contributed by atoms with Crippen molar-refractivity contribution >= 4 is 44.5 Å². The van der Waals surface area contributed by atoms with E-state index in [0.717, 1.165) is 3.57 Å². The molecule has 0 spiro atoms. The van der Waals surface area contributed by atoms with Crippen LogP contribution in [-0.2, 0) is 0 Å². The first-order valence-electron chi connectivity index (χ1n) is 2.77. The molecule has 0 aromatic heterocycles. The highest BCUT2D eigenvalue weighted by Gasteiger charge is 1.99. The third-order valence-corrected chi connectivity index (χ3v) is 2.48. The molecule has 0 atom stereocenters. The molecule has 0 aliphatic rings. The fraction of sp³-hybridized carbons (Fsp3) is 0. The van der Waals surface area contributed by atoms with Crippen molar-refractivity contribution in [1.82, 2.24) is 0 Å². The molecule has 0 heterocycles. The molecule has 11 heavy (non-hydrogen) atoms. The topological polar surface area (TPSA) is 40.1 Å². The van der Waals surface area contributed by atoms with E-state index in [1.807, 2.05) is 0 Å². The molecule has 0 aliphatic carbocycles. The van der Waals surface area contributed by atoms with E-state index in [4.69, 9.17) is 0 Å². The summed E-state index contributed by atoms with van der Waals surface area (Å²) in [5.74, 6) is -1.16.